The first kappa shape index (κ1) is 36.2. The van der Waals surface area contributed by atoms with Gasteiger partial charge < -0.3 is 14.7 Å². The molecule has 0 saturated carbocycles. The minimum atomic E-state index is 0.760. The van der Waals surface area contributed by atoms with Crippen molar-refractivity contribution in [1.29, 1.82) is 0 Å². The van der Waals surface area contributed by atoms with Crippen LogP contribution in [0.15, 0.2) is 91.0 Å². The second kappa shape index (κ2) is 18.6. The Morgan fingerprint density at radius 1 is 0.472 bits per heavy atom. The highest BCUT2D eigenvalue weighted by Gasteiger charge is 2.13. The highest BCUT2D eigenvalue weighted by Crippen LogP contribution is 2.33. The van der Waals surface area contributed by atoms with Crippen molar-refractivity contribution in [2.45, 2.75) is 96.8 Å². The van der Waals surface area contributed by atoms with Crippen molar-refractivity contribution in [2.24, 2.45) is 0 Å². The van der Waals surface area contributed by atoms with Gasteiger partial charge in [-0.25, -0.2) is 9.97 Å². The molecule has 272 valence electrons. The van der Waals surface area contributed by atoms with E-state index in [-0.39, 0.29) is 0 Å². The van der Waals surface area contributed by atoms with Crippen LogP contribution >= 0.6 is 0 Å². The van der Waals surface area contributed by atoms with Gasteiger partial charge in [0.2, 0.25) is 0 Å². The van der Waals surface area contributed by atoms with Crippen LogP contribution in [0.1, 0.15) is 120 Å². The normalized spacial score (nSPS) is 12.1. The lowest BCUT2D eigenvalue weighted by Crippen LogP contribution is -1.97. The summed E-state index contributed by atoms with van der Waals surface area (Å²) >= 11 is 0. The Bertz CT molecular complexity index is 2150. The Morgan fingerprint density at radius 2 is 0.943 bits per heavy atom. The van der Waals surface area contributed by atoms with Gasteiger partial charge in [0.05, 0.1) is 29.4 Å². The molecule has 8 bridgehead atoms. The van der Waals surface area contributed by atoms with Crippen LogP contribution in [0.2, 0.25) is 0 Å². The SMILES string of the molecule is CCCCCCCCCCCCCCCCOc1ccc(-c2c3nc(cc4ccc([nH]4)c(-c4ccccc4)c4nc(cc5ccc2[nH]5)C=C4)C=C3)cc1. The molecule has 0 atom stereocenters. The van der Waals surface area contributed by atoms with Crippen molar-refractivity contribution in [1.82, 2.24) is 19.9 Å². The number of nitrogens with zero attached hydrogens (tertiary/aromatic N) is 2. The molecule has 5 heteroatoms. The number of aromatic nitrogens is 4. The molecule has 0 aliphatic carbocycles. The lowest BCUT2D eigenvalue weighted by molar-refractivity contribution is 0.304. The summed E-state index contributed by atoms with van der Waals surface area (Å²) in [4.78, 5) is 17.4. The van der Waals surface area contributed by atoms with E-state index in [9.17, 15) is 0 Å². The van der Waals surface area contributed by atoms with E-state index in [0.29, 0.717) is 0 Å². The monoisotopic (exact) mass is 702 g/mol. The largest absolute Gasteiger partial charge is 0.494 e. The summed E-state index contributed by atoms with van der Waals surface area (Å²) in [6, 6.07) is 31.6. The molecule has 2 aromatic carbocycles. The Kier molecular flexibility index (Phi) is 12.7. The van der Waals surface area contributed by atoms with Gasteiger partial charge in [-0.3, -0.25) is 0 Å². The third kappa shape index (κ3) is 9.84. The maximum atomic E-state index is 6.18. The van der Waals surface area contributed by atoms with E-state index in [1.54, 1.807) is 0 Å². The molecule has 0 unspecified atom stereocenters. The van der Waals surface area contributed by atoms with Gasteiger partial charge in [-0.1, -0.05) is 133 Å². The molecule has 5 aromatic rings. The molecule has 0 saturated heterocycles. The smallest absolute Gasteiger partial charge is 0.119 e. The molecule has 0 spiro atoms. The van der Waals surface area contributed by atoms with E-state index in [4.69, 9.17) is 14.7 Å². The fourth-order valence-corrected chi connectivity index (χ4v) is 7.49. The Hall–Kier alpha value is -5.16. The van der Waals surface area contributed by atoms with E-state index in [2.05, 4.69) is 126 Å². The summed E-state index contributed by atoms with van der Waals surface area (Å²) in [6.45, 7) is 3.05. The quantitative estimate of drug-likeness (QED) is 0.0875. The third-order valence-electron chi connectivity index (χ3n) is 10.4. The van der Waals surface area contributed by atoms with Crippen LogP contribution in [0, 0.1) is 0 Å². The Labute approximate surface area is 315 Å². The van der Waals surface area contributed by atoms with Gasteiger partial charge in [0.1, 0.15) is 5.75 Å². The molecule has 0 fully saturated rings. The van der Waals surface area contributed by atoms with E-state index < -0.39 is 0 Å². The minimum Gasteiger partial charge on any atom is -0.494 e. The van der Waals surface area contributed by atoms with Gasteiger partial charge in [0, 0.05) is 33.2 Å². The zero-order chi connectivity index (χ0) is 36.1. The molecule has 2 aliphatic rings. The molecule has 7 rings (SSSR count). The number of ether oxygens (including phenoxy) is 1. The van der Waals surface area contributed by atoms with Crippen molar-refractivity contribution < 1.29 is 4.74 Å². The number of benzene rings is 2. The molecular weight excluding hydrogens is 649 g/mol. The van der Waals surface area contributed by atoms with Gasteiger partial charge >= 0.3 is 0 Å². The van der Waals surface area contributed by atoms with Crippen molar-refractivity contribution in [2.75, 3.05) is 6.61 Å². The van der Waals surface area contributed by atoms with Crippen molar-refractivity contribution in [3.8, 4) is 28.0 Å². The standard InChI is InChI=1S/C48H54N4O/c1-2-3-4-5-6-7-8-9-10-11-12-13-14-18-33-53-42-27-21-37(22-28-42)48-45-31-25-40(51-45)34-38-23-29-43(49-38)47(36-19-16-15-17-20-36)44-30-24-39(50-44)35-41-26-32-46(48)52-41/h15-17,19-32,34-35,49,52H,2-14,18,33H2,1H3. The van der Waals surface area contributed by atoms with Crippen molar-refractivity contribution in [3.05, 3.63) is 114 Å². The van der Waals surface area contributed by atoms with Crippen molar-refractivity contribution in [3.63, 3.8) is 0 Å². The molecule has 2 N–H and O–H groups in total. The molecule has 0 amide bonds. The highest BCUT2D eigenvalue weighted by molar-refractivity contribution is 5.93. The second-order valence-corrected chi connectivity index (χ2v) is 14.5. The van der Waals surface area contributed by atoms with E-state index >= 15 is 0 Å². The fraction of sp³-hybridized carbons (Fsp3) is 0.333. The van der Waals surface area contributed by atoms with Crippen LogP contribution in [0.3, 0.4) is 0 Å². The summed E-state index contributed by atoms with van der Waals surface area (Å²) in [5, 5.41) is 0. The second-order valence-electron chi connectivity index (χ2n) is 14.5. The van der Waals surface area contributed by atoms with Gasteiger partial charge in [-0.2, -0.15) is 0 Å². The molecule has 3 aromatic heterocycles. The summed E-state index contributed by atoms with van der Waals surface area (Å²) in [5.74, 6) is 0.912. The van der Waals surface area contributed by atoms with Crippen LogP contribution in [0.25, 0.3) is 68.6 Å². The van der Waals surface area contributed by atoms with E-state index in [0.717, 1.165) is 85.9 Å². The number of rotatable bonds is 18. The van der Waals surface area contributed by atoms with Crippen LogP contribution in [-0.4, -0.2) is 26.5 Å². The van der Waals surface area contributed by atoms with Gasteiger partial charge in [-0.05, 0) is 90.4 Å². The first-order valence-electron chi connectivity index (χ1n) is 20.1. The van der Waals surface area contributed by atoms with Crippen LogP contribution in [-0.2, 0) is 0 Å². The van der Waals surface area contributed by atoms with Crippen LogP contribution < -0.4 is 4.74 Å². The number of unbranched alkanes of at least 4 members (excludes halogenated alkanes) is 13. The number of aromatic amines is 2. The van der Waals surface area contributed by atoms with E-state index in [1.807, 2.05) is 6.07 Å². The molecular formula is C48H54N4O. The molecule has 5 nitrogen and oxygen atoms in total. The number of H-pyrrole nitrogens is 2. The zero-order valence-corrected chi connectivity index (χ0v) is 31.4. The summed E-state index contributed by atoms with van der Waals surface area (Å²) in [7, 11) is 0. The maximum absolute atomic E-state index is 6.18. The van der Waals surface area contributed by atoms with Crippen LogP contribution in [0.5, 0.6) is 5.75 Å². The molecule has 2 aliphatic heterocycles. The number of fused-ring (bicyclic) bond motifs is 8. The topological polar surface area (TPSA) is 66.6 Å². The first-order chi connectivity index (χ1) is 26.2. The van der Waals surface area contributed by atoms with E-state index in [1.165, 1.54) is 83.5 Å². The zero-order valence-electron chi connectivity index (χ0n) is 31.4. The molecule has 53 heavy (non-hydrogen) atoms. The highest BCUT2D eigenvalue weighted by atomic mass is 16.5. The third-order valence-corrected chi connectivity index (χ3v) is 10.4. The number of hydrogen-bond acceptors (Lipinski definition) is 3. The lowest BCUT2D eigenvalue weighted by Gasteiger charge is -2.08. The summed E-state index contributed by atoms with van der Waals surface area (Å²) < 4.78 is 6.18. The lowest BCUT2D eigenvalue weighted by atomic mass is 10.0. The predicted molar refractivity (Wildman–Crippen MR) is 226 cm³/mol. The fourth-order valence-electron chi connectivity index (χ4n) is 7.49. The maximum Gasteiger partial charge on any atom is 0.119 e. The molecule has 5 heterocycles. The van der Waals surface area contributed by atoms with Gasteiger partial charge in [-0.15, -0.1) is 0 Å². The summed E-state index contributed by atoms with van der Waals surface area (Å²) in [6.07, 6.45) is 27.4. The van der Waals surface area contributed by atoms with Gasteiger partial charge in [0.15, 0.2) is 0 Å². The van der Waals surface area contributed by atoms with Crippen molar-refractivity contribution >= 4 is 46.4 Å². The minimum absolute atomic E-state index is 0.760. The predicted octanol–water partition coefficient (Wildman–Crippen LogP) is 13.8. The average molecular weight is 703 g/mol. The molecule has 0 radical (unpaired) electrons. The Balaban J connectivity index is 1.02. The number of hydrogen-bond donors (Lipinski definition) is 2. The van der Waals surface area contributed by atoms with Gasteiger partial charge in [0.25, 0.3) is 0 Å². The Morgan fingerprint density at radius 3 is 1.45 bits per heavy atom. The number of nitrogens with one attached hydrogen (secondary N) is 2. The first-order valence-corrected chi connectivity index (χ1v) is 20.1. The summed E-state index contributed by atoms with van der Waals surface area (Å²) in [5.41, 5.74) is 12.0. The van der Waals surface area contributed by atoms with Crippen LogP contribution in [0.4, 0.5) is 0 Å². The average Bonchev–Trinajstić information content (AvgIpc) is 4.02.